The Hall–Kier alpha value is -2.40. The molecule has 1 aliphatic heterocycles. The molecule has 2 aromatic rings. The lowest BCUT2D eigenvalue weighted by molar-refractivity contribution is 0.0664. The van der Waals surface area contributed by atoms with Gasteiger partial charge in [0.25, 0.3) is 11.5 Å². The maximum atomic E-state index is 12.8. The average Bonchev–Trinajstić information content (AvgIpc) is 3.03. The van der Waals surface area contributed by atoms with Crippen molar-refractivity contribution >= 4 is 5.91 Å². The van der Waals surface area contributed by atoms with Crippen molar-refractivity contribution in [2.45, 2.75) is 38.3 Å². The van der Waals surface area contributed by atoms with Crippen LogP contribution in [0.2, 0.25) is 0 Å². The number of aromatic amines is 1. The fourth-order valence-corrected chi connectivity index (χ4v) is 3.40. The van der Waals surface area contributed by atoms with Crippen molar-refractivity contribution in [2.24, 2.45) is 0 Å². The van der Waals surface area contributed by atoms with Gasteiger partial charge in [0, 0.05) is 18.8 Å². The number of carbonyl (C=O) groups is 1. The second-order valence-corrected chi connectivity index (χ2v) is 6.32. The molecule has 1 fully saturated rings. The normalized spacial score (nSPS) is 18.6. The summed E-state index contributed by atoms with van der Waals surface area (Å²) in [5.74, 6) is -0.239. The number of pyridine rings is 1. The molecule has 0 spiro atoms. The van der Waals surface area contributed by atoms with E-state index in [1.54, 1.807) is 24.1 Å². The standard InChI is InChI=1S/C19H22N2O3/c1-13-9-10-20-18(23)17(13)19(24)21-11-5-8-15(21)12-16(22)14-6-3-2-4-7-14/h2-4,6-7,9-10,15-16,22H,5,8,11-12H2,1H3,(H,20,23). The molecule has 2 atom stereocenters. The van der Waals surface area contributed by atoms with E-state index in [1.165, 1.54) is 0 Å². The minimum absolute atomic E-state index is 0.0493. The molecule has 5 nitrogen and oxygen atoms in total. The fourth-order valence-electron chi connectivity index (χ4n) is 3.40. The van der Waals surface area contributed by atoms with E-state index in [-0.39, 0.29) is 23.1 Å². The molecule has 3 rings (SSSR count). The van der Waals surface area contributed by atoms with Crippen LogP contribution in [0.4, 0.5) is 0 Å². The predicted octanol–water partition coefficient (Wildman–Crippen LogP) is 2.41. The van der Waals surface area contributed by atoms with Gasteiger partial charge in [-0.05, 0) is 43.4 Å². The number of hydrogen-bond acceptors (Lipinski definition) is 3. The number of H-pyrrole nitrogens is 1. The first kappa shape index (κ1) is 16.5. The van der Waals surface area contributed by atoms with Crippen LogP contribution in [-0.4, -0.2) is 33.5 Å². The number of aromatic nitrogens is 1. The highest BCUT2D eigenvalue weighted by Crippen LogP contribution is 2.28. The summed E-state index contributed by atoms with van der Waals surface area (Å²) in [4.78, 5) is 29.2. The number of hydrogen-bond donors (Lipinski definition) is 2. The van der Waals surface area contributed by atoms with Gasteiger partial charge < -0.3 is 15.0 Å². The van der Waals surface area contributed by atoms with Gasteiger partial charge >= 0.3 is 0 Å². The molecule has 2 heterocycles. The third kappa shape index (κ3) is 3.26. The summed E-state index contributed by atoms with van der Waals surface area (Å²) in [5.41, 5.74) is 1.39. The van der Waals surface area contributed by atoms with Gasteiger partial charge in [-0.15, -0.1) is 0 Å². The van der Waals surface area contributed by atoms with Crippen LogP contribution < -0.4 is 5.56 Å². The van der Waals surface area contributed by atoms with Crippen molar-refractivity contribution in [1.82, 2.24) is 9.88 Å². The van der Waals surface area contributed by atoms with Crippen LogP contribution in [0, 0.1) is 6.92 Å². The Morgan fingerprint density at radius 1 is 1.33 bits per heavy atom. The molecule has 1 aromatic heterocycles. The van der Waals surface area contributed by atoms with Crippen LogP contribution in [0.25, 0.3) is 0 Å². The van der Waals surface area contributed by atoms with Crippen molar-refractivity contribution in [3.05, 3.63) is 69.6 Å². The largest absolute Gasteiger partial charge is 0.388 e. The molecule has 1 amide bonds. The minimum Gasteiger partial charge on any atom is -0.388 e. The van der Waals surface area contributed by atoms with Gasteiger partial charge in [-0.25, -0.2) is 0 Å². The van der Waals surface area contributed by atoms with Gasteiger partial charge in [0.1, 0.15) is 5.56 Å². The molecule has 0 saturated carbocycles. The third-order valence-electron chi connectivity index (χ3n) is 4.70. The first-order valence-corrected chi connectivity index (χ1v) is 8.30. The average molecular weight is 326 g/mol. The summed E-state index contributed by atoms with van der Waals surface area (Å²) >= 11 is 0. The first-order chi connectivity index (χ1) is 11.6. The monoisotopic (exact) mass is 326 g/mol. The number of amides is 1. The van der Waals surface area contributed by atoms with Crippen LogP contribution in [-0.2, 0) is 0 Å². The molecule has 0 radical (unpaired) electrons. The molecule has 0 aliphatic carbocycles. The van der Waals surface area contributed by atoms with E-state index in [2.05, 4.69) is 4.98 Å². The van der Waals surface area contributed by atoms with Gasteiger partial charge in [0.05, 0.1) is 6.10 Å². The Balaban J connectivity index is 1.78. The Morgan fingerprint density at radius 2 is 2.08 bits per heavy atom. The lowest BCUT2D eigenvalue weighted by atomic mass is 10.00. The lowest BCUT2D eigenvalue weighted by Crippen LogP contribution is -2.39. The zero-order valence-corrected chi connectivity index (χ0v) is 13.7. The first-order valence-electron chi connectivity index (χ1n) is 8.30. The van der Waals surface area contributed by atoms with Crippen molar-refractivity contribution < 1.29 is 9.90 Å². The summed E-state index contributed by atoms with van der Waals surface area (Å²) in [5, 5.41) is 10.5. The molecule has 5 heteroatoms. The summed E-state index contributed by atoms with van der Waals surface area (Å²) < 4.78 is 0. The topological polar surface area (TPSA) is 73.4 Å². The lowest BCUT2D eigenvalue weighted by Gasteiger charge is -2.27. The van der Waals surface area contributed by atoms with Gasteiger partial charge in [-0.2, -0.15) is 0 Å². The highest BCUT2D eigenvalue weighted by Gasteiger charge is 2.32. The second-order valence-electron chi connectivity index (χ2n) is 6.32. The molecule has 0 bridgehead atoms. The van der Waals surface area contributed by atoms with Gasteiger partial charge in [-0.3, -0.25) is 9.59 Å². The van der Waals surface area contributed by atoms with E-state index in [0.717, 1.165) is 18.4 Å². The molecular weight excluding hydrogens is 304 g/mol. The summed E-state index contributed by atoms with van der Waals surface area (Å²) in [6, 6.07) is 11.2. The van der Waals surface area contributed by atoms with Crippen LogP contribution in [0.15, 0.2) is 47.4 Å². The maximum Gasteiger partial charge on any atom is 0.261 e. The van der Waals surface area contributed by atoms with E-state index in [4.69, 9.17) is 0 Å². The number of nitrogens with one attached hydrogen (secondary N) is 1. The second kappa shape index (κ2) is 7.01. The Labute approximate surface area is 140 Å². The van der Waals surface area contributed by atoms with E-state index >= 15 is 0 Å². The van der Waals surface area contributed by atoms with E-state index in [0.29, 0.717) is 18.5 Å². The SMILES string of the molecule is Cc1cc[nH]c(=O)c1C(=O)N1CCCC1CC(O)c1ccccc1. The molecular formula is C19H22N2O3. The third-order valence-corrected chi connectivity index (χ3v) is 4.70. The highest BCUT2D eigenvalue weighted by atomic mass is 16.3. The van der Waals surface area contributed by atoms with Crippen molar-refractivity contribution in [3.63, 3.8) is 0 Å². The molecule has 1 saturated heterocycles. The number of rotatable bonds is 4. The zero-order chi connectivity index (χ0) is 17.1. The van der Waals surface area contributed by atoms with Crippen LogP contribution >= 0.6 is 0 Å². The van der Waals surface area contributed by atoms with Gasteiger partial charge in [-0.1, -0.05) is 30.3 Å². The maximum absolute atomic E-state index is 12.8. The van der Waals surface area contributed by atoms with E-state index in [9.17, 15) is 14.7 Å². The zero-order valence-electron chi connectivity index (χ0n) is 13.7. The Kier molecular flexibility index (Phi) is 4.81. The number of benzene rings is 1. The van der Waals surface area contributed by atoms with Crippen LogP contribution in [0.1, 0.15) is 46.9 Å². The van der Waals surface area contributed by atoms with Gasteiger partial charge in [0.15, 0.2) is 0 Å². The van der Waals surface area contributed by atoms with E-state index < -0.39 is 6.10 Å². The number of aryl methyl sites for hydroxylation is 1. The minimum atomic E-state index is -0.611. The number of carbonyl (C=O) groups excluding carboxylic acids is 1. The molecule has 2 unspecified atom stereocenters. The number of likely N-dealkylation sites (tertiary alicyclic amines) is 1. The quantitative estimate of drug-likeness (QED) is 0.906. The number of aliphatic hydroxyl groups excluding tert-OH is 1. The highest BCUT2D eigenvalue weighted by molar-refractivity contribution is 5.95. The Morgan fingerprint density at radius 3 is 2.79 bits per heavy atom. The molecule has 1 aromatic carbocycles. The van der Waals surface area contributed by atoms with E-state index in [1.807, 2.05) is 30.3 Å². The fraction of sp³-hybridized carbons (Fsp3) is 0.368. The molecule has 24 heavy (non-hydrogen) atoms. The molecule has 1 aliphatic rings. The molecule has 2 N–H and O–H groups in total. The van der Waals surface area contributed by atoms with Crippen LogP contribution in [0.5, 0.6) is 0 Å². The van der Waals surface area contributed by atoms with Crippen LogP contribution in [0.3, 0.4) is 0 Å². The van der Waals surface area contributed by atoms with Crippen molar-refractivity contribution in [1.29, 1.82) is 0 Å². The van der Waals surface area contributed by atoms with Crippen molar-refractivity contribution in [3.8, 4) is 0 Å². The van der Waals surface area contributed by atoms with Gasteiger partial charge in [0.2, 0.25) is 0 Å². The predicted molar refractivity (Wildman–Crippen MR) is 91.9 cm³/mol. The Bertz CT molecular complexity index is 770. The summed E-state index contributed by atoms with van der Waals surface area (Å²) in [6.45, 7) is 2.39. The molecule has 126 valence electrons. The summed E-state index contributed by atoms with van der Waals surface area (Å²) in [7, 11) is 0. The number of aliphatic hydroxyl groups is 1. The van der Waals surface area contributed by atoms with Crippen molar-refractivity contribution in [2.75, 3.05) is 6.54 Å². The number of nitrogens with zero attached hydrogens (tertiary/aromatic N) is 1. The summed E-state index contributed by atoms with van der Waals surface area (Å²) in [6.07, 6.45) is 3.16. The smallest absolute Gasteiger partial charge is 0.261 e.